The number of carbonyl (C=O) groups excluding carboxylic acids is 1. The minimum Gasteiger partial charge on any atom is -0.346 e. The zero-order valence-electron chi connectivity index (χ0n) is 19.5. The van der Waals surface area contributed by atoms with Crippen molar-refractivity contribution in [3.8, 4) is 17.3 Å². The summed E-state index contributed by atoms with van der Waals surface area (Å²) in [6.07, 6.45) is 11.6. The summed E-state index contributed by atoms with van der Waals surface area (Å²) < 4.78 is 15.4. The van der Waals surface area contributed by atoms with Gasteiger partial charge in [-0.2, -0.15) is 10.4 Å². The fraction of sp³-hybridized carbons (Fsp3) is 0.360. The number of hydrogen-bond donors (Lipinski definition) is 1. The zero-order chi connectivity index (χ0) is 24.7. The average Bonchev–Trinajstić information content (AvgIpc) is 3.56. The average molecular weight is 486 g/mol. The van der Waals surface area contributed by atoms with Crippen LogP contribution in [0.4, 0.5) is 4.39 Å². The van der Waals surface area contributed by atoms with Gasteiger partial charge in [-0.15, -0.1) is 0 Å². The van der Waals surface area contributed by atoms with Crippen LogP contribution in [0.1, 0.15) is 29.6 Å². The second-order valence-corrected chi connectivity index (χ2v) is 9.48. The van der Waals surface area contributed by atoms with E-state index < -0.39 is 5.82 Å². The molecule has 1 aliphatic carbocycles. The van der Waals surface area contributed by atoms with Crippen LogP contribution >= 0.6 is 0 Å². The van der Waals surface area contributed by atoms with Crippen molar-refractivity contribution in [2.75, 3.05) is 26.2 Å². The summed E-state index contributed by atoms with van der Waals surface area (Å²) in [6, 6.07) is 5.84. The standard InChI is InChI=1S/C25H24FN9O/c26-19-9-17(12-28-14-19)24(36)34-7-5-33(6-8-34)20-10-25(11-20,2-3-27)35-15-18(13-32-35)22-21-1-4-29-23(21)31-16-30-22/h1,4,9,12-16,20H,2,5-8,10-11H2,(H,29,30,31). The van der Waals surface area contributed by atoms with Gasteiger partial charge in [-0.25, -0.2) is 14.4 Å². The topological polar surface area (TPSA) is 120 Å². The third-order valence-corrected chi connectivity index (χ3v) is 7.40. The van der Waals surface area contributed by atoms with Crippen molar-refractivity contribution in [1.82, 2.24) is 39.5 Å². The molecule has 0 bridgehead atoms. The number of amides is 1. The van der Waals surface area contributed by atoms with Crippen molar-refractivity contribution in [1.29, 1.82) is 5.26 Å². The van der Waals surface area contributed by atoms with E-state index in [2.05, 4.69) is 36.0 Å². The number of fused-ring (bicyclic) bond motifs is 1. The Morgan fingerprint density at radius 1 is 1.19 bits per heavy atom. The van der Waals surface area contributed by atoms with Crippen LogP contribution in [-0.2, 0) is 5.54 Å². The van der Waals surface area contributed by atoms with Gasteiger partial charge in [0, 0.05) is 61.8 Å². The number of nitriles is 1. The Bertz CT molecular complexity index is 1460. The van der Waals surface area contributed by atoms with Crippen LogP contribution < -0.4 is 0 Å². The molecule has 0 spiro atoms. The van der Waals surface area contributed by atoms with E-state index >= 15 is 0 Å². The first-order valence-corrected chi connectivity index (χ1v) is 11.9. The predicted octanol–water partition coefficient (Wildman–Crippen LogP) is 2.58. The fourth-order valence-corrected chi connectivity index (χ4v) is 5.44. The lowest BCUT2D eigenvalue weighted by Gasteiger charge is -2.52. The number of aromatic nitrogens is 6. The molecule has 1 N–H and O–H groups in total. The van der Waals surface area contributed by atoms with Crippen molar-refractivity contribution in [3.05, 3.63) is 60.8 Å². The van der Waals surface area contributed by atoms with Gasteiger partial charge in [-0.3, -0.25) is 19.4 Å². The third kappa shape index (κ3) is 3.79. The molecule has 36 heavy (non-hydrogen) atoms. The first-order valence-electron chi connectivity index (χ1n) is 11.9. The van der Waals surface area contributed by atoms with Gasteiger partial charge in [-0.1, -0.05) is 0 Å². The molecule has 4 aromatic heterocycles. The molecule has 2 fully saturated rings. The molecule has 0 atom stereocenters. The number of piperazine rings is 1. The summed E-state index contributed by atoms with van der Waals surface area (Å²) in [5.74, 6) is -0.707. The van der Waals surface area contributed by atoms with Gasteiger partial charge in [0.2, 0.25) is 0 Å². The molecule has 1 amide bonds. The molecule has 1 saturated carbocycles. The fourth-order valence-electron chi connectivity index (χ4n) is 5.44. The monoisotopic (exact) mass is 485 g/mol. The summed E-state index contributed by atoms with van der Waals surface area (Å²) in [5.41, 5.74) is 2.39. The quantitative estimate of drug-likeness (QED) is 0.461. The van der Waals surface area contributed by atoms with Gasteiger partial charge in [-0.05, 0) is 25.0 Å². The number of halogens is 1. The van der Waals surface area contributed by atoms with Gasteiger partial charge >= 0.3 is 0 Å². The maximum Gasteiger partial charge on any atom is 0.255 e. The lowest BCUT2D eigenvalue weighted by Crippen LogP contribution is -2.60. The van der Waals surface area contributed by atoms with Crippen LogP contribution in [0.5, 0.6) is 0 Å². The number of H-pyrrole nitrogens is 1. The van der Waals surface area contributed by atoms with E-state index in [-0.39, 0.29) is 17.0 Å². The number of nitrogens with zero attached hydrogens (tertiary/aromatic N) is 8. The highest BCUT2D eigenvalue weighted by atomic mass is 19.1. The van der Waals surface area contributed by atoms with Crippen LogP contribution in [0.3, 0.4) is 0 Å². The Labute approximate surface area is 206 Å². The molecular formula is C25H24FN9O. The van der Waals surface area contributed by atoms with Crippen LogP contribution in [-0.4, -0.2) is 77.6 Å². The minimum absolute atomic E-state index is 0.195. The normalized spacial score (nSPS) is 22.3. The Morgan fingerprint density at radius 3 is 2.81 bits per heavy atom. The molecule has 1 saturated heterocycles. The highest BCUT2D eigenvalue weighted by Gasteiger charge is 2.49. The van der Waals surface area contributed by atoms with Crippen LogP contribution in [0.2, 0.25) is 0 Å². The van der Waals surface area contributed by atoms with E-state index in [1.165, 1.54) is 18.6 Å². The number of pyridine rings is 1. The highest BCUT2D eigenvalue weighted by Crippen LogP contribution is 2.45. The Hall–Kier alpha value is -4.17. The van der Waals surface area contributed by atoms with Gasteiger partial charge in [0.05, 0.1) is 41.7 Å². The number of rotatable bonds is 5. The lowest BCUT2D eigenvalue weighted by atomic mass is 9.70. The summed E-state index contributed by atoms with van der Waals surface area (Å²) in [6.45, 7) is 2.61. The molecular weight excluding hydrogens is 461 g/mol. The summed E-state index contributed by atoms with van der Waals surface area (Å²) >= 11 is 0. The highest BCUT2D eigenvalue weighted by molar-refractivity contribution is 5.94. The first kappa shape index (κ1) is 22.3. The zero-order valence-corrected chi connectivity index (χ0v) is 19.5. The lowest BCUT2D eigenvalue weighted by molar-refractivity contribution is -0.0158. The molecule has 4 aromatic rings. The summed E-state index contributed by atoms with van der Waals surface area (Å²) in [5, 5.41) is 15.1. The molecule has 6 rings (SSSR count). The van der Waals surface area contributed by atoms with Crippen LogP contribution in [0.25, 0.3) is 22.3 Å². The van der Waals surface area contributed by atoms with Crippen molar-refractivity contribution in [3.63, 3.8) is 0 Å². The van der Waals surface area contributed by atoms with Gasteiger partial charge in [0.25, 0.3) is 5.91 Å². The van der Waals surface area contributed by atoms with E-state index in [9.17, 15) is 14.4 Å². The number of aromatic amines is 1. The van der Waals surface area contributed by atoms with Crippen molar-refractivity contribution in [2.24, 2.45) is 0 Å². The van der Waals surface area contributed by atoms with Crippen molar-refractivity contribution in [2.45, 2.75) is 30.8 Å². The molecule has 0 unspecified atom stereocenters. The van der Waals surface area contributed by atoms with Crippen molar-refractivity contribution >= 4 is 16.9 Å². The molecule has 0 radical (unpaired) electrons. The van der Waals surface area contributed by atoms with Crippen molar-refractivity contribution < 1.29 is 9.18 Å². The van der Waals surface area contributed by atoms with E-state index in [1.807, 2.05) is 23.1 Å². The van der Waals surface area contributed by atoms with Gasteiger partial charge in [0.1, 0.15) is 17.8 Å². The number of carbonyl (C=O) groups is 1. The number of hydrogen-bond acceptors (Lipinski definition) is 7. The van der Waals surface area contributed by atoms with Gasteiger partial charge in [0.15, 0.2) is 0 Å². The van der Waals surface area contributed by atoms with E-state index in [1.54, 1.807) is 11.1 Å². The molecule has 11 heteroatoms. The number of nitrogens with one attached hydrogen (secondary N) is 1. The first-order chi connectivity index (χ1) is 17.6. The molecule has 5 heterocycles. The summed E-state index contributed by atoms with van der Waals surface area (Å²) in [7, 11) is 0. The van der Waals surface area contributed by atoms with Crippen LogP contribution in [0.15, 0.2) is 49.4 Å². The molecule has 182 valence electrons. The minimum atomic E-state index is -0.512. The molecule has 1 aliphatic heterocycles. The summed E-state index contributed by atoms with van der Waals surface area (Å²) in [4.78, 5) is 32.4. The Kier molecular flexibility index (Phi) is 5.45. The maximum atomic E-state index is 13.5. The third-order valence-electron chi connectivity index (χ3n) is 7.40. The molecule has 2 aliphatic rings. The van der Waals surface area contributed by atoms with Crippen LogP contribution in [0, 0.1) is 17.1 Å². The smallest absolute Gasteiger partial charge is 0.255 e. The Morgan fingerprint density at radius 2 is 2.03 bits per heavy atom. The Balaban J connectivity index is 1.13. The van der Waals surface area contributed by atoms with E-state index in [4.69, 9.17) is 0 Å². The molecule has 0 aromatic carbocycles. The second-order valence-electron chi connectivity index (χ2n) is 9.48. The second kappa shape index (κ2) is 8.80. The van der Waals surface area contributed by atoms with E-state index in [0.717, 1.165) is 54.4 Å². The van der Waals surface area contributed by atoms with E-state index in [0.29, 0.717) is 25.6 Å². The molecule has 10 nitrogen and oxygen atoms in total. The largest absolute Gasteiger partial charge is 0.346 e. The SMILES string of the molecule is N#CCC1(n2cc(-c3ncnc4[nH]ccc34)cn2)CC(N2CCN(C(=O)c3cncc(F)c3)CC2)C1. The van der Waals surface area contributed by atoms with Gasteiger partial charge < -0.3 is 9.88 Å². The predicted molar refractivity (Wildman–Crippen MR) is 128 cm³/mol. The maximum absolute atomic E-state index is 13.5.